The van der Waals surface area contributed by atoms with E-state index in [1.54, 1.807) is 5.30 Å². The molecule has 2 aromatic rings. The van der Waals surface area contributed by atoms with Gasteiger partial charge < -0.3 is 14.9 Å². The topological polar surface area (TPSA) is 0 Å². The van der Waals surface area contributed by atoms with Gasteiger partial charge in [0.05, 0.1) is 0 Å². The fraction of sp³-hybridized carbons (Fsp3) is 0.538. The van der Waals surface area contributed by atoms with Crippen LogP contribution in [0, 0.1) is 14.9 Å². The van der Waals surface area contributed by atoms with Crippen LogP contribution in [-0.4, -0.2) is 11.3 Å². The summed E-state index contributed by atoms with van der Waals surface area (Å²) in [7, 11) is 0.145. The van der Waals surface area contributed by atoms with Gasteiger partial charge >= 0.3 is 17.1 Å². The summed E-state index contributed by atoms with van der Waals surface area (Å²) in [6.45, 7) is 4.00. The van der Waals surface area contributed by atoms with Crippen LogP contribution in [0.1, 0.15) is 78.1 Å². The largest absolute Gasteiger partial charge is 2.00 e. The van der Waals surface area contributed by atoms with Crippen molar-refractivity contribution in [1.82, 2.24) is 0 Å². The summed E-state index contributed by atoms with van der Waals surface area (Å²) < 4.78 is 0. The minimum Gasteiger partial charge on any atom is -0.358 e. The van der Waals surface area contributed by atoms with Crippen LogP contribution in [0.15, 0.2) is 54.6 Å². The summed E-state index contributed by atoms with van der Waals surface area (Å²) >= 11 is 0. The molecule has 0 spiro atoms. The van der Waals surface area contributed by atoms with E-state index in [2.05, 4.69) is 24.3 Å². The van der Waals surface area contributed by atoms with E-state index in [9.17, 15) is 0 Å². The van der Waals surface area contributed by atoms with Crippen molar-refractivity contribution < 1.29 is 17.1 Å². The van der Waals surface area contributed by atoms with Crippen LogP contribution in [0.4, 0.5) is 0 Å². The van der Waals surface area contributed by atoms with Crippen LogP contribution in [-0.2, 0) is 17.1 Å². The van der Waals surface area contributed by atoms with Crippen LogP contribution in [0.3, 0.4) is 0 Å². The summed E-state index contributed by atoms with van der Waals surface area (Å²) in [5.41, 5.74) is 2.11. The Bertz CT molecular complexity index is 455. The molecule has 2 saturated carbocycles. The monoisotopic (exact) mass is 442 g/mol. The summed E-state index contributed by atoms with van der Waals surface area (Å²) in [6.07, 6.45) is 15.1. The third kappa shape index (κ3) is 9.91. The van der Waals surface area contributed by atoms with Crippen molar-refractivity contribution in [3.8, 4) is 0 Å². The van der Waals surface area contributed by atoms with E-state index >= 15 is 0 Å². The van der Waals surface area contributed by atoms with E-state index in [4.69, 9.17) is 0 Å². The zero-order valence-corrected chi connectivity index (χ0v) is 20.7. The third-order valence-electron chi connectivity index (χ3n) is 5.43. The Labute approximate surface area is 188 Å². The van der Waals surface area contributed by atoms with Crippen molar-refractivity contribution in [3.05, 3.63) is 69.5 Å². The van der Waals surface area contributed by atoms with Gasteiger partial charge in [-0.3, -0.25) is 0 Å². The van der Waals surface area contributed by atoms with Gasteiger partial charge in [-0.1, -0.05) is 60.3 Å². The summed E-state index contributed by atoms with van der Waals surface area (Å²) in [6, 6.07) is 19.4. The molecule has 2 fully saturated rings. The van der Waals surface area contributed by atoms with Crippen molar-refractivity contribution >= 4 is 13.2 Å². The first kappa shape index (κ1) is 29.8. The molecular weight excluding hydrogens is 399 g/mol. The molecule has 0 heterocycles. The Balaban J connectivity index is 0. The molecule has 0 saturated heterocycles. The quantitative estimate of drug-likeness (QED) is 0.254. The molecule has 2 aliphatic rings. The van der Waals surface area contributed by atoms with Gasteiger partial charge in [0.15, 0.2) is 0 Å². The summed E-state index contributed by atoms with van der Waals surface area (Å²) in [4.78, 5) is 0. The van der Waals surface area contributed by atoms with Crippen LogP contribution in [0.2, 0.25) is 0 Å². The SMILES string of the molecule is CC.[CH3-].[CH3-].[Fe+2].c1c[cH-]c(P(C2CCCCC2)C2CCCCC2)c1.c1cc[cH-]c1. The molecule has 0 aliphatic heterocycles. The van der Waals surface area contributed by atoms with Gasteiger partial charge in [-0.05, 0) is 37.0 Å². The van der Waals surface area contributed by atoms with Crippen molar-refractivity contribution in [3.63, 3.8) is 0 Å². The van der Waals surface area contributed by atoms with Gasteiger partial charge in [0.25, 0.3) is 0 Å². The zero-order valence-electron chi connectivity index (χ0n) is 18.7. The van der Waals surface area contributed by atoms with Gasteiger partial charge in [-0.15, -0.1) is 5.30 Å². The molecule has 4 rings (SSSR count). The van der Waals surface area contributed by atoms with Gasteiger partial charge in [0.1, 0.15) is 0 Å². The Hall–Kier alpha value is -0.351. The summed E-state index contributed by atoms with van der Waals surface area (Å²) in [5, 5.41) is 1.73. The van der Waals surface area contributed by atoms with Crippen LogP contribution < -0.4 is 5.30 Å². The molecule has 2 aliphatic carbocycles. The van der Waals surface area contributed by atoms with E-state index in [1.807, 2.05) is 44.2 Å². The first-order valence-electron chi connectivity index (χ1n) is 10.6. The average Bonchev–Trinajstić information content (AvgIpc) is 3.43. The number of hydrogen-bond acceptors (Lipinski definition) is 0. The molecule has 162 valence electrons. The van der Waals surface area contributed by atoms with Gasteiger partial charge in [0.2, 0.25) is 0 Å². The predicted octanol–water partition coefficient (Wildman–Crippen LogP) is 8.51. The Morgan fingerprint density at radius 1 is 0.714 bits per heavy atom. The second-order valence-corrected chi connectivity index (χ2v) is 9.89. The van der Waals surface area contributed by atoms with Crippen LogP contribution in [0.5, 0.6) is 0 Å². The van der Waals surface area contributed by atoms with Crippen molar-refractivity contribution in [2.45, 2.75) is 89.4 Å². The van der Waals surface area contributed by atoms with Gasteiger partial charge in [-0.2, -0.15) is 30.3 Å². The molecule has 0 bridgehead atoms. The second-order valence-electron chi connectivity index (χ2n) is 7.10. The maximum Gasteiger partial charge on any atom is 2.00 e. The van der Waals surface area contributed by atoms with Crippen LogP contribution in [0.25, 0.3) is 0 Å². The Morgan fingerprint density at radius 3 is 1.50 bits per heavy atom. The molecule has 0 nitrogen and oxygen atoms in total. The van der Waals surface area contributed by atoms with E-state index in [-0.39, 0.29) is 39.8 Å². The molecule has 0 aromatic heterocycles. The maximum atomic E-state index is 2.43. The molecule has 0 atom stereocenters. The molecule has 28 heavy (non-hydrogen) atoms. The Kier molecular flexibility index (Phi) is 19.9. The molecule has 0 amide bonds. The van der Waals surface area contributed by atoms with Crippen LogP contribution >= 0.6 is 7.92 Å². The Morgan fingerprint density at radius 2 is 1.18 bits per heavy atom. The van der Waals surface area contributed by atoms with E-state index in [0.717, 1.165) is 11.3 Å². The summed E-state index contributed by atoms with van der Waals surface area (Å²) in [5.74, 6) is 0. The van der Waals surface area contributed by atoms with Gasteiger partial charge in [0, 0.05) is 0 Å². The van der Waals surface area contributed by atoms with E-state index < -0.39 is 0 Å². The molecular formula is C26H43FeP-2. The van der Waals surface area contributed by atoms with E-state index in [1.165, 1.54) is 64.2 Å². The van der Waals surface area contributed by atoms with Crippen molar-refractivity contribution in [2.24, 2.45) is 0 Å². The minimum atomic E-state index is 0. The number of hydrogen-bond donors (Lipinski definition) is 0. The molecule has 2 aromatic carbocycles. The second kappa shape index (κ2) is 18.7. The van der Waals surface area contributed by atoms with Gasteiger partial charge in [-0.25, -0.2) is 24.3 Å². The first-order chi connectivity index (χ1) is 12.4. The maximum absolute atomic E-state index is 2.43. The molecule has 0 N–H and O–H groups in total. The fourth-order valence-electron chi connectivity index (χ4n) is 4.29. The minimum absolute atomic E-state index is 0. The molecule has 0 unspecified atom stereocenters. The third-order valence-corrected chi connectivity index (χ3v) is 8.94. The smallest absolute Gasteiger partial charge is 0.358 e. The predicted molar refractivity (Wildman–Crippen MR) is 129 cm³/mol. The molecule has 2 heteroatoms. The standard InChI is InChI=1S/C17H26P.C5H5.C2H6.2CH3.Fe/c1-3-9-15(10-4-1)18(17-13-7-8-14-17)16-11-5-2-6-12-16;1-2-4-5-3-1;1-2;;;/h7-8,13-16H,1-6,9-12H2;1-5H;1-2H3;2*1H3;/q2*-1;;2*-1;+2. The molecule has 0 radical (unpaired) electrons. The average molecular weight is 442 g/mol. The van der Waals surface area contributed by atoms with Crippen molar-refractivity contribution in [2.75, 3.05) is 0 Å². The van der Waals surface area contributed by atoms with Crippen molar-refractivity contribution in [1.29, 1.82) is 0 Å². The first-order valence-corrected chi connectivity index (χ1v) is 12.1. The normalized spacial score (nSPS) is 16.8. The fourth-order valence-corrected chi connectivity index (χ4v) is 8.09. The zero-order chi connectivity index (χ0) is 17.7. The van der Waals surface area contributed by atoms with E-state index in [0.29, 0.717) is 0 Å². The number of rotatable bonds is 3.